The van der Waals surface area contributed by atoms with Gasteiger partial charge in [0.25, 0.3) is 0 Å². The van der Waals surface area contributed by atoms with Gasteiger partial charge in [-0.05, 0) is 28.5 Å². The van der Waals surface area contributed by atoms with Gasteiger partial charge in [0.2, 0.25) is 11.1 Å². The van der Waals surface area contributed by atoms with Crippen molar-refractivity contribution in [2.45, 2.75) is 12.1 Å². The van der Waals surface area contributed by atoms with E-state index in [0.29, 0.717) is 6.54 Å². The van der Waals surface area contributed by atoms with Crippen LogP contribution in [0.5, 0.6) is 0 Å². The minimum Gasteiger partial charge on any atom is -0.354 e. The number of tetrazole rings is 1. The van der Waals surface area contributed by atoms with Gasteiger partial charge in [-0.3, -0.25) is 4.79 Å². The molecule has 1 N–H and O–H groups in total. The Hall–Kier alpha value is -2.15. The summed E-state index contributed by atoms with van der Waals surface area (Å²) in [6, 6.07) is 10.1. The maximum atomic E-state index is 12.2. The van der Waals surface area contributed by atoms with Gasteiger partial charge in [-0.2, -0.15) is 0 Å². The number of thioether (sulfide) groups is 1. The van der Waals surface area contributed by atoms with E-state index < -0.39 is 0 Å². The zero-order valence-corrected chi connectivity index (χ0v) is 13.3. The first-order valence-corrected chi connectivity index (χ1v) is 8.06. The quantitative estimate of drug-likeness (QED) is 0.646. The van der Waals surface area contributed by atoms with E-state index in [1.807, 2.05) is 37.3 Å². The van der Waals surface area contributed by atoms with Gasteiger partial charge in [-0.25, -0.2) is 4.68 Å². The largest absolute Gasteiger partial charge is 0.354 e. The second-order valence-electron chi connectivity index (χ2n) is 5.12. The molecule has 0 aliphatic heterocycles. The SMILES string of the molecule is CC1=C(c2ccccc2)[C@H]1C(=O)NCCSc1nnnn1C. The number of rotatable bonds is 6. The molecule has 22 heavy (non-hydrogen) atoms. The predicted molar refractivity (Wildman–Crippen MR) is 85.1 cm³/mol. The van der Waals surface area contributed by atoms with Crippen LogP contribution in [0.1, 0.15) is 12.5 Å². The Morgan fingerprint density at radius 2 is 2.14 bits per heavy atom. The molecule has 1 aromatic carbocycles. The fraction of sp³-hybridized carbons (Fsp3) is 0.333. The molecule has 7 heteroatoms. The van der Waals surface area contributed by atoms with Gasteiger partial charge in [0, 0.05) is 19.3 Å². The molecule has 1 aliphatic rings. The van der Waals surface area contributed by atoms with Crippen LogP contribution in [0, 0.1) is 5.92 Å². The van der Waals surface area contributed by atoms with Gasteiger partial charge in [-0.1, -0.05) is 47.7 Å². The Morgan fingerprint density at radius 1 is 1.36 bits per heavy atom. The molecule has 1 aromatic heterocycles. The van der Waals surface area contributed by atoms with Crippen LogP contribution < -0.4 is 5.32 Å². The number of amides is 1. The Labute approximate surface area is 133 Å². The van der Waals surface area contributed by atoms with Gasteiger partial charge < -0.3 is 5.32 Å². The summed E-state index contributed by atoms with van der Waals surface area (Å²) in [6.07, 6.45) is 0. The van der Waals surface area contributed by atoms with Crippen LogP contribution in [0.2, 0.25) is 0 Å². The molecular formula is C15H17N5OS. The molecule has 114 valence electrons. The second-order valence-corrected chi connectivity index (χ2v) is 6.18. The lowest BCUT2D eigenvalue weighted by Gasteiger charge is -2.05. The highest BCUT2D eigenvalue weighted by Crippen LogP contribution is 2.46. The molecule has 1 atom stereocenters. The summed E-state index contributed by atoms with van der Waals surface area (Å²) >= 11 is 1.52. The minimum absolute atomic E-state index is 0.0658. The summed E-state index contributed by atoms with van der Waals surface area (Å²) in [6.45, 7) is 2.62. The van der Waals surface area contributed by atoms with Crippen molar-refractivity contribution in [3.05, 3.63) is 41.5 Å². The standard InChI is InChI=1S/C15H17N5OS/c1-10-12(11-6-4-3-5-7-11)13(10)14(21)16-8-9-22-15-17-18-19-20(15)2/h3-7,13H,8-9H2,1-2H3,(H,16,21)/t13-/m0/s1. The Kier molecular flexibility index (Phi) is 4.24. The molecule has 0 fully saturated rings. The average Bonchev–Trinajstić information content (AvgIpc) is 3.04. The minimum atomic E-state index is -0.0658. The Balaban J connectivity index is 1.45. The fourth-order valence-corrected chi connectivity index (χ4v) is 3.14. The van der Waals surface area contributed by atoms with Crippen LogP contribution in [0.3, 0.4) is 0 Å². The Bertz CT molecular complexity index is 710. The molecule has 2 aromatic rings. The van der Waals surface area contributed by atoms with Crippen molar-refractivity contribution >= 4 is 23.2 Å². The van der Waals surface area contributed by atoms with Crippen molar-refractivity contribution in [1.82, 2.24) is 25.5 Å². The number of nitrogens with one attached hydrogen (secondary N) is 1. The van der Waals surface area contributed by atoms with E-state index in [9.17, 15) is 4.79 Å². The van der Waals surface area contributed by atoms with Gasteiger partial charge >= 0.3 is 0 Å². The van der Waals surface area contributed by atoms with Crippen LogP contribution in [-0.2, 0) is 11.8 Å². The summed E-state index contributed by atoms with van der Waals surface area (Å²) < 4.78 is 1.62. The lowest BCUT2D eigenvalue weighted by atomic mass is 10.1. The van der Waals surface area contributed by atoms with E-state index >= 15 is 0 Å². The van der Waals surface area contributed by atoms with Crippen LogP contribution in [0.4, 0.5) is 0 Å². The normalized spacial score (nSPS) is 16.7. The lowest BCUT2D eigenvalue weighted by molar-refractivity contribution is -0.121. The third-order valence-corrected chi connectivity index (χ3v) is 4.64. The lowest BCUT2D eigenvalue weighted by Crippen LogP contribution is -2.28. The molecule has 0 saturated carbocycles. The van der Waals surface area contributed by atoms with Crippen molar-refractivity contribution < 1.29 is 4.79 Å². The van der Waals surface area contributed by atoms with Crippen molar-refractivity contribution in [3.8, 4) is 0 Å². The first-order chi connectivity index (χ1) is 10.7. The first kappa shape index (κ1) is 14.8. The van der Waals surface area contributed by atoms with E-state index in [2.05, 4.69) is 20.8 Å². The highest BCUT2D eigenvalue weighted by molar-refractivity contribution is 7.99. The number of aromatic nitrogens is 4. The zero-order chi connectivity index (χ0) is 15.5. The molecule has 3 rings (SSSR count). The van der Waals surface area contributed by atoms with Crippen molar-refractivity contribution in [2.24, 2.45) is 13.0 Å². The molecule has 0 spiro atoms. The summed E-state index contributed by atoms with van der Waals surface area (Å²) in [5.74, 6) is 0.754. The maximum Gasteiger partial charge on any atom is 0.231 e. The van der Waals surface area contributed by atoms with Crippen LogP contribution >= 0.6 is 11.8 Å². The molecule has 1 amide bonds. The van der Waals surface area contributed by atoms with E-state index in [1.54, 1.807) is 11.7 Å². The number of hydrogen-bond donors (Lipinski definition) is 1. The summed E-state index contributed by atoms with van der Waals surface area (Å²) in [5, 5.41) is 15.0. The average molecular weight is 315 g/mol. The smallest absolute Gasteiger partial charge is 0.231 e. The molecule has 0 unspecified atom stereocenters. The maximum absolute atomic E-state index is 12.2. The number of hydrogen-bond acceptors (Lipinski definition) is 5. The highest BCUT2D eigenvalue weighted by Gasteiger charge is 2.39. The van der Waals surface area contributed by atoms with E-state index in [1.165, 1.54) is 11.8 Å². The van der Waals surface area contributed by atoms with E-state index in [-0.39, 0.29) is 11.8 Å². The highest BCUT2D eigenvalue weighted by atomic mass is 32.2. The van der Waals surface area contributed by atoms with Crippen molar-refractivity contribution in [1.29, 1.82) is 0 Å². The van der Waals surface area contributed by atoms with Gasteiger partial charge in [0.15, 0.2) is 0 Å². The van der Waals surface area contributed by atoms with E-state index in [0.717, 1.165) is 27.6 Å². The monoisotopic (exact) mass is 315 g/mol. The summed E-state index contributed by atoms with van der Waals surface area (Å²) in [5.41, 5.74) is 3.46. The number of carbonyl (C=O) groups is 1. The topological polar surface area (TPSA) is 72.7 Å². The number of benzene rings is 1. The molecule has 0 radical (unpaired) electrons. The van der Waals surface area contributed by atoms with Gasteiger partial charge in [0.05, 0.1) is 5.92 Å². The summed E-state index contributed by atoms with van der Waals surface area (Å²) in [4.78, 5) is 12.2. The number of aryl methyl sites for hydroxylation is 1. The van der Waals surface area contributed by atoms with Crippen molar-refractivity contribution in [3.63, 3.8) is 0 Å². The van der Waals surface area contributed by atoms with Crippen molar-refractivity contribution in [2.75, 3.05) is 12.3 Å². The number of nitrogens with zero attached hydrogens (tertiary/aromatic N) is 4. The zero-order valence-electron chi connectivity index (χ0n) is 12.5. The fourth-order valence-electron chi connectivity index (χ4n) is 2.43. The number of carbonyl (C=O) groups excluding carboxylic acids is 1. The van der Waals surface area contributed by atoms with Crippen LogP contribution in [0.15, 0.2) is 41.1 Å². The van der Waals surface area contributed by atoms with E-state index in [4.69, 9.17) is 0 Å². The molecule has 6 nitrogen and oxygen atoms in total. The van der Waals surface area contributed by atoms with Gasteiger partial charge in [0.1, 0.15) is 0 Å². The molecule has 1 heterocycles. The predicted octanol–water partition coefficient (Wildman–Crippen LogP) is 1.52. The third kappa shape index (κ3) is 3.04. The Morgan fingerprint density at radius 3 is 2.82 bits per heavy atom. The molecule has 0 saturated heterocycles. The molecule has 1 aliphatic carbocycles. The third-order valence-electron chi connectivity index (χ3n) is 3.62. The summed E-state index contributed by atoms with van der Waals surface area (Å²) in [7, 11) is 1.80. The van der Waals surface area contributed by atoms with Gasteiger partial charge in [-0.15, -0.1) is 5.10 Å². The molecule has 0 bridgehead atoms. The first-order valence-electron chi connectivity index (χ1n) is 7.07. The second kappa shape index (κ2) is 6.31. The molecular weight excluding hydrogens is 298 g/mol. The van der Waals surface area contributed by atoms with Crippen LogP contribution in [0.25, 0.3) is 5.57 Å². The van der Waals surface area contributed by atoms with Crippen LogP contribution in [-0.4, -0.2) is 38.4 Å².